The second-order valence-electron chi connectivity index (χ2n) is 3.43. The van der Waals surface area contributed by atoms with Gasteiger partial charge in [-0.15, -0.1) is 0 Å². The van der Waals surface area contributed by atoms with E-state index in [4.69, 9.17) is 14.6 Å². The molecule has 1 heterocycles. The van der Waals surface area contributed by atoms with E-state index < -0.39 is 6.09 Å². The minimum Gasteiger partial charge on any atom is -0.465 e. The molecule has 1 saturated heterocycles. The second kappa shape index (κ2) is 4.96. The number of rotatable bonds is 3. The quantitative estimate of drug-likeness (QED) is 0.814. The van der Waals surface area contributed by atoms with Gasteiger partial charge in [0.1, 0.15) is 0 Å². The highest BCUT2D eigenvalue weighted by Crippen LogP contribution is 2.26. The highest BCUT2D eigenvalue weighted by molar-refractivity contribution is 5.64. The number of carboxylic acid groups (broad SMARTS) is 1. The highest BCUT2D eigenvalue weighted by Gasteiger charge is 2.20. The van der Waals surface area contributed by atoms with Crippen molar-refractivity contribution in [3.05, 3.63) is 35.4 Å². The first-order valence-electron chi connectivity index (χ1n) is 5.05. The molecule has 86 valence electrons. The van der Waals surface area contributed by atoms with E-state index in [1.165, 1.54) is 0 Å². The molecule has 0 atom stereocenters. The third-order valence-electron chi connectivity index (χ3n) is 2.36. The summed E-state index contributed by atoms with van der Waals surface area (Å²) in [5.41, 5.74) is 1.76. The van der Waals surface area contributed by atoms with E-state index in [0.717, 1.165) is 11.1 Å². The molecule has 0 aliphatic carbocycles. The van der Waals surface area contributed by atoms with Gasteiger partial charge in [-0.3, -0.25) is 0 Å². The van der Waals surface area contributed by atoms with Gasteiger partial charge >= 0.3 is 6.09 Å². The van der Waals surface area contributed by atoms with E-state index in [9.17, 15) is 4.79 Å². The van der Waals surface area contributed by atoms with Crippen LogP contribution in [0.15, 0.2) is 24.3 Å². The highest BCUT2D eigenvalue weighted by atomic mass is 16.7. The predicted molar refractivity (Wildman–Crippen MR) is 56.0 cm³/mol. The maximum atomic E-state index is 10.4. The van der Waals surface area contributed by atoms with Gasteiger partial charge in [-0.25, -0.2) is 4.79 Å². The first-order valence-corrected chi connectivity index (χ1v) is 5.05. The number of hydrogen-bond acceptors (Lipinski definition) is 3. The van der Waals surface area contributed by atoms with Crippen molar-refractivity contribution >= 4 is 6.09 Å². The molecule has 1 amide bonds. The topological polar surface area (TPSA) is 67.8 Å². The van der Waals surface area contributed by atoms with Crippen LogP contribution in [0.5, 0.6) is 0 Å². The zero-order valence-electron chi connectivity index (χ0n) is 8.68. The Labute approximate surface area is 93.0 Å². The third-order valence-corrected chi connectivity index (χ3v) is 2.36. The van der Waals surface area contributed by atoms with Crippen LogP contribution >= 0.6 is 0 Å². The van der Waals surface area contributed by atoms with Crippen LogP contribution in [0, 0.1) is 0 Å². The molecule has 16 heavy (non-hydrogen) atoms. The largest absolute Gasteiger partial charge is 0.465 e. The number of amides is 1. The number of ether oxygens (including phenoxy) is 2. The molecule has 1 fully saturated rings. The van der Waals surface area contributed by atoms with E-state index in [0.29, 0.717) is 13.2 Å². The molecule has 2 rings (SSSR count). The SMILES string of the molecule is O=C(O)NCc1ccccc1C1OCCO1. The van der Waals surface area contributed by atoms with Crippen LogP contribution in [0.3, 0.4) is 0 Å². The Balaban J connectivity index is 2.13. The van der Waals surface area contributed by atoms with Crippen LogP contribution < -0.4 is 5.32 Å². The molecule has 5 nitrogen and oxygen atoms in total. The maximum absolute atomic E-state index is 10.4. The van der Waals surface area contributed by atoms with Crippen molar-refractivity contribution in [2.45, 2.75) is 12.8 Å². The van der Waals surface area contributed by atoms with Crippen LogP contribution in [0.4, 0.5) is 4.79 Å². The summed E-state index contributed by atoms with van der Waals surface area (Å²) in [5.74, 6) is 0. The Bertz CT molecular complexity index is 374. The summed E-state index contributed by atoms with van der Waals surface area (Å²) in [4.78, 5) is 10.4. The normalized spacial score (nSPS) is 16.2. The Morgan fingerprint density at radius 2 is 2.06 bits per heavy atom. The van der Waals surface area contributed by atoms with Gasteiger partial charge in [-0.1, -0.05) is 24.3 Å². The van der Waals surface area contributed by atoms with Gasteiger partial charge in [0.2, 0.25) is 0 Å². The first-order chi connectivity index (χ1) is 7.77. The van der Waals surface area contributed by atoms with Crippen molar-refractivity contribution in [2.75, 3.05) is 13.2 Å². The first kappa shape index (κ1) is 10.9. The lowest BCUT2D eigenvalue weighted by molar-refractivity contribution is -0.0447. The molecular weight excluding hydrogens is 210 g/mol. The molecule has 2 N–H and O–H groups in total. The Hall–Kier alpha value is -1.59. The lowest BCUT2D eigenvalue weighted by atomic mass is 10.1. The molecule has 5 heteroatoms. The molecular formula is C11H13NO4. The number of benzene rings is 1. The van der Waals surface area contributed by atoms with Gasteiger partial charge in [0.05, 0.1) is 13.2 Å². The van der Waals surface area contributed by atoms with Crippen molar-refractivity contribution in [3.8, 4) is 0 Å². The molecule has 0 radical (unpaired) electrons. The fourth-order valence-electron chi connectivity index (χ4n) is 1.63. The Morgan fingerprint density at radius 3 is 2.75 bits per heavy atom. The van der Waals surface area contributed by atoms with Crippen molar-refractivity contribution in [1.29, 1.82) is 0 Å². The molecule has 1 aromatic rings. The van der Waals surface area contributed by atoms with Crippen LogP contribution in [0.2, 0.25) is 0 Å². The van der Waals surface area contributed by atoms with E-state index in [-0.39, 0.29) is 12.8 Å². The lowest BCUT2D eigenvalue weighted by Crippen LogP contribution is -2.21. The average molecular weight is 223 g/mol. The van der Waals surface area contributed by atoms with Crippen LogP contribution in [-0.4, -0.2) is 24.4 Å². The molecule has 0 aromatic heterocycles. The monoisotopic (exact) mass is 223 g/mol. The van der Waals surface area contributed by atoms with Crippen LogP contribution in [-0.2, 0) is 16.0 Å². The summed E-state index contributed by atoms with van der Waals surface area (Å²) >= 11 is 0. The Morgan fingerprint density at radius 1 is 1.38 bits per heavy atom. The number of nitrogens with one attached hydrogen (secondary N) is 1. The van der Waals surface area contributed by atoms with E-state index in [1.54, 1.807) is 0 Å². The second-order valence-corrected chi connectivity index (χ2v) is 3.43. The Kier molecular flexibility index (Phi) is 3.38. The van der Waals surface area contributed by atoms with E-state index in [2.05, 4.69) is 5.32 Å². The zero-order chi connectivity index (χ0) is 11.4. The van der Waals surface area contributed by atoms with E-state index >= 15 is 0 Å². The minimum absolute atomic E-state index is 0.259. The van der Waals surface area contributed by atoms with Crippen molar-refractivity contribution in [2.24, 2.45) is 0 Å². The van der Waals surface area contributed by atoms with Gasteiger partial charge in [-0.2, -0.15) is 0 Å². The standard InChI is InChI=1S/C11H13NO4/c13-11(14)12-7-8-3-1-2-4-9(8)10-15-5-6-16-10/h1-4,10,12H,5-7H2,(H,13,14). The summed E-state index contributed by atoms with van der Waals surface area (Å²) in [6.07, 6.45) is -1.41. The van der Waals surface area contributed by atoms with Gasteiger partial charge in [0, 0.05) is 12.1 Å². The van der Waals surface area contributed by atoms with E-state index in [1.807, 2.05) is 24.3 Å². The fraction of sp³-hybridized carbons (Fsp3) is 0.364. The maximum Gasteiger partial charge on any atom is 0.404 e. The van der Waals surface area contributed by atoms with Gasteiger partial charge in [0.25, 0.3) is 0 Å². The number of hydrogen-bond donors (Lipinski definition) is 2. The zero-order valence-corrected chi connectivity index (χ0v) is 8.68. The van der Waals surface area contributed by atoms with Gasteiger partial charge in [-0.05, 0) is 5.56 Å². The lowest BCUT2D eigenvalue weighted by Gasteiger charge is -2.14. The van der Waals surface area contributed by atoms with Crippen molar-refractivity contribution in [1.82, 2.24) is 5.32 Å². The molecule has 1 aromatic carbocycles. The fourth-order valence-corrected chi connectivity index (χ4v) is 1.63. The third kappa shape index (κ3) is 2.50. The summed E-state index contributed by atoms with van der Waals surface area (Å²) in [6, 6.07) is 7.48. The molecule has 0 bridgehead atoms. The summed E-state index contributed by atoms with van der Waals surface area (Å²) in [6.45, 7) is 1.41. The van der Waals surface area contributed by atoms with Crippen LogP contribution in [0.25, 0.3) is 0 Å². The van der Waals surface area contributed by atoms with Crippen LogP contribution in [0.1, 0.15) is 17.4 Å². The van der Waals surface area contributed by atoms with Gasteiger partial charge < -0.3 is 19.9 Å². The smallest absolute Gasteiger partial charge is 0.404 e. The minimum atomic E-state index is -1.04. The molecule has 1 aliphatic heterocycles. The number of carbonyl (C=O) groups is 1. The van der Waals surface area contributed by atoms with Crippen molar-refractivity contribution < 1.29 is 19.4 Å². The molecule has 0 unspecified atom stereocenters. The molecule has 1 aliphatic rings. The van der Waals surface area contributed by atoms with Crippen molar-refractivity contribution in [3.63, 3.8) is 0 Å². The summed E-state index contributed by atoms with van der Waals surface area (Å²) in [5, 5.41) is 10.9. The average Bonchev–Trinajstić information content (AvgIpc) is 2.80. The summed E-state index contributed by atoms with van der Waals surface area (Å²) < 4.78 is 10.8. The van der Waals surface area contributed by atoms with Gasteiger partial charge in [0.15, 0.2) is 6.29 Å². The summed E-state index contributed by atoms with van der Waals surface area (Å²) in [7, 11) is 0. The predicted octanol–water partition coefficient (Wildman–Crippen LogP) is 1.50. The molecule has 0 saturated carbocycles. The molecule has 0 spiro atoms.